The number of carbonyl (C=O) groups excluding carboxylic acids is 1. The minimum atomic E-state index is -0.0575. The minimum absolute atomic E-state index is 0.0575. The van der Waals surface area contributed by atoms with Crippen molar-refractivity contribution in [2.75, 3.05) is 55.0 Å². The monoisotopic (exact) mass is 437 g/mol. The molecule has 1 aliphatic carbocycles. The number of thiophene rings is 1. The normalized spacial score (nSPS) is 15.9. The summed E-state index contributed by atoms with van der Waals surface area (Å²) in [4.78, 5) is 28.8. The summed E-state index contributed by atoms with van der Waals surface area (Å²) < 4.78 is 5.41. The van der Waals surface area contributed by atoms with Crippen LogP contribution in [0.5, 0.6) is 0 Å². The quantitative estimate of drug-likeness (QED) is 0.660. The number of amides is 1. The van der Waals surface area contributed by atoms with Crippen molar-refractivity contribution in [3.8, 4) is 0 Å². The van der Waals surface area contributed by atoms with E-state index in [4.69, 9.17) is 9.72 Å². The van der Waals surface area contributed by atoms with E-state index in [1.807, 2.05) is 31.0 Å². The minimum Gasteiger partial charge on any atom is -0.378 e. The lowest BCUT2D eigenvalue weighted by Crippen LogP contribution is -2.36. The number of aryl methyl sites for hydroxylation is 3. The molecule has 1 amide bonds. The maximum atomic E-state index is 12.8. The fourth-order valence-electron chi connectivity index (χ4n) is 4.42. The molecular formula is C23H27N5O2S. The van der Waals surface area contributed by atoms with Crippen molar-refractivity contribution >= 4 is 44.7 Å². The van der Waals surface area contributed by atoms with Crippen molar-refractivity contribution in [3.63, 3.8) is 0 Å². The number of rotatable bonds is 5. The maximum absolute atomic E-state index is 12.8. The molecular weight excluding hydrogens is 410 g/mol. The van der Waals surface area contributed by atoms with E-state index in [9.17, 15) is 4.79 Å². The van der Waals surface area contributed by atoms with Gasteiger partial charge in [0.2, 0.25) is 5.91 Å². The van der Waals surface area contributed by atoms with Crippen molar-refractivity contribution in [2.45, 2.75) is 26.2 Å². The van der Waals surface area contributed by atoms with Gasteiger partial charge < -0.3 is 19.9 Å². The number of hydrogen-bond acceptors (Lipinski definition) is 7. The van der Waals surface area contributed by atoms with Crippen LogP contribution in [0, 0.1) is 6.92 Å². The molecule has 1 aliphatic heterocycles. The molecule has 162 valence electrons. The molecule has 0 atom stereocenters. The van der Waals surface area contributed by atoms with Gasteiger partial charge in [0.15, 0.2) is 0 Å². The largest absolute Gasteiger partial charge is 0.378 e. The second-order valence-corrected chi connectivity index (χ2v) is 9.27. The number of morpholine rings is 1. The van der Waals surface area contributed by atoms with Gasteiger partial charge in [0.1, 0.15) is 16.5 Å². The fraction of sp³-hybridized carbons (Fsp3) is 0.435. The van der Waals surface area contributed by atoms with Gasteiger partial charge in [-0.25, -0.2) is 9.97 Å². The zero-order valence-electron chi connectivity index (χ0n) is 18.0. The van der Waals surface area contributed by atoms with Crippen LogP contribution < -0.4 is 15.1 Å². The summed E-state index contributed by atoms with van der Waals surface area (Å²) in [6.07, 6.45) is 3.39. The second kappa shape index (κ2) is 8.43. The van der Waals surface area contributed by atoms with Crippen molar-refractivity contribution in [2.24, 2.45) is 0 Å². The summed E-state index contributed by atoms with van der Waals surface area (Å²) in [5.74, 6) is 1.55. The summed E-state index contributed by atoms with van der Waals surface area (Å²) in [7, 11) is 1.93. The number of aromatic nitrogens is 2. The molecule has 3 aromatic rings. The molecule has 0 radical (unpaired) electrons. The highest BCUT2D eigenvalue weighted by Gasteiger charge is 2.24. The van der Waals surface area contributed by atoms with Crippen LogP contribution in [0.4, 0.5) is 17.2 Å². The molecule has 1 N–H and O–H groups in total. The molecule has 1 saturated heterocycles. The standard InChI is InChI=1S/C23H27N5O2S/c1-15-24-22(21-18-4-3-5-19(18)31-23(21)25-15)27(2)14-20(29)26-16-6-8-17(9-7-16)28-10-12-30-13-11-28/h6-9H,3-5,10-14H2,1-2H3,(H,26,29). The molecule has 3 heterocycles. The first-order valence-electron chi connectivity index (χ1n) is 10.8. The van der Waals surface area contributed by atoms with Crippen LogP contribution in [-0.4, -0.2) is 55.8 Å². The van der Waals surface area contributed by atoms with Crippen LogP contribution in [0.1, 0.15) is 22.7 Å². The lowest BCUT2D eigenvalue weighted by Gasteiger charge is -2.29. The Balaban J connectivity index is 1.29. The molecule has 1 aromatic carbocycles. The molecule has 1 fully saturated rings. The lowest BCUT2D eigenvalue weighted by molar-refractivity contribution is -0.114. The van der Waals surface area contributed by atoms with E-state index in [1.165, 1.54) is 16.9 Å². The third-order valence-corrected chi connectivity index (χ3v) is 7.11. The topological polar surface area (TPSA) is 70.6 Å². The first-order chi connectivity index (χ1) is 15.1. The molecule has 0 unspecified atom stereocenters. The van der Waals surface area contributed by atoms with Crippen LogP contribution in [0.2, 0.25) is 0 Å². The van der Waals surface area contributed by atoms with Gasteiger partial charge in [0.25, 0.3) is 0 Å². The van der Waals surface area contributed by atoms with Gasteiger partial charge in [0.05, 0.1) is 25.1 Å². The van der Waals surface area contributed by atoms with Crippen molar-refractivity contribution in [3.05, 3.63) is 40.5 Å². The molecule has 2 aromatic heterocycles. The zero-order chi connectivity index (χ0) is 21.4. The summed E-state index contributed by atoms with van der Waals surface area (Å²) in [6, 6.07) is 8.02. The molecule has 7 nitrogen and oxygen atoms in total. The van der Waals surface area contributed by atoms with Gasteiger partial charge in [-0.1, -0.05) is 0 Å². The number of likely N-dealkylation sites (N-methyl/N-ethyl adjacent to an activating group) is 1. The number of benzene rings is 1. The third-order valence-electron chi connectivity index (χ3n) is 5.93. The van der Waals surface area contributed by atoms with E-state index in [0.717, 1.165) is 72.4 Å². The number of ether oxygens (including phenoxy) is 1. The number of carbonyl (C=O) groups is 1. The van der Waals surface area contributed by atoms with Gasteiger partial charge in [-0.2, -0.15) is 0 Å². The average molecular weight is 438 g/mol. The van der Waals surface area contributed by atoms with Crippen molar-refractivity contribution < 1.29 is 9.53 Å². The summed E-state index contributed by atoms with van der Waals surface area (Å²) in [5, 5.41) is 4.15. The number of hydrogen-bond donors (Lipinski definition) is 1. The summed E-state index contributed by atoms with van der Waals surface area (Å²) in [5.41, 5.74) is 3.33. The predicted molar refractivity (Wildman–Crippen MR) is 126 cm³/mol. The highest BCUT2D eigenvalue weighted by molar-refractivity contribution is 7.19. The molecule has 8 heteroatoms. The van der Waals surface area contributed by atoms with E-state index in [2.05, 4.69) is 27.3 Å². The number of nitrogens with zero attached hydrogens (tertiary/aromatic N) is 4. The Kier molecular flexibility index (Phi) is 5.50. The first-order valence-corrected chi connectivity index (χ1v) is 11.6. The third kappa shape index (κ3) is 4.09. The average Bonchev–Trinajstić information content (AvgIpc) is 3.35. The summed E-state index contributed by atoms with van der Waals surface area (Å²) in [6.45, 7) is 5.46. The molecule has 0 spiro atoms. The Morgan fingerprint density at radius 2 is 1.97 bits per heavy atom. The van der Waals surface area contributed by atoms with Crippen LogP contribution in [0.3, 0.4) is 0 Å². The van der Waals surface area contributed by atoms with E-state index >= 15 is 0 Å². The Hall–Kier alpha value is -2.71. The predicted octanol–water partition coefficient (Wildman–Crippen LogP) is 3.40. The maximum Gasteiger partial charge on any atom is 0.243 e. The van der Waals surface area contributed by atoms with Crippen LogP contribution in [0.25, 0.3) is 10.2 Å². The van der Waals surface area contributed by atoms with E-state index in [1.54, 1.807) is 11.3 Å². The van der Waals surface area contributed by atoms with E-state index < -0.39 is 0 Å². The Morgan fingerprint density at radius 1 is 1.19 bits per heavy atom. The number of anilines is 3. The SMILES string of the molecule is Cc1nc(N(C)CC(=O)Nc2ccc(N3CCOCC3)cc2)c2c3c(sc2n1)CCC3. The van der Waals surface area contributed by atoms with Crippen molar-refractivity contribution in [1.82, 2.24) is 9.97 Å². The van der Waals surface area contributed by atoms with E-state index in [0.29, 0.717) is 0 Å². The van der Waals surface area contributed by atoms with Crippen LogP contribution >= 0.6 is 11.3 Å². The lowest BCUT2D eigenvalue weighted by atomic mass is 10.2. The molecule has 5 rings (SSSR count). The highest BCUT2D eigenvalue weighted by atomic mass is 32.1. The zero-order valence-corrected chi connectivity index (χ0v) is 18.8. The van der Waals surface area contributed by atoms with Gasteiger partial charge >= 0.3 is 0 Å². The van der Waals surface area contributed by atoms with Gasteiger partial charge in [-0.15, -0.1) is 11.3 Å². The van der Waals surface area contributed by atoms with Gasteiger partial charge in [-0.05, 0) is 56.0 Å². The van der Waals surface area contributed by atoms with E-state index in [-0.39, 0.29) is 12.5 Å². The molecule has 0 saturated carbocycles. The fourth-order valence-corrected chi connectivity index (χ4v) is 5.73. The van der Waals surface area contributed by atoms with Crippen LogP contribution in [0.15, 0.2) is 24.3 Å². The second-order valence-electron chi connectivity index (χ2n) is 8.18. The smallest absolute Gasteiger partial charge is 0.243 e. The Morgan fingerprint density at radius 3 is 2.74 bits per heavy atom. The van der Waals surface area contributed by atoms with Gasteiger partial charge in [0, 0.05) is 36.4 Å². The van der Waals surface area contributed by atoms with Crippen LogP contribution in [-0.2, 0) is 22.4 Å². The first kappa shape index (κ1) is 20.2. The highest BCUT2D eigenvalue weighted by Crippen LogP contribution is 2.40. The number of fused-ring (bicyclic) bond motifs is 3. The Bertz CT molecular complexity index is 1110. The molecule has 2 aliphatic rings. The molecule has 31 heavy (non-hydrogen) atoms. The Labute approximate surface area is 186 Å². The van der Waals surface area contributed by atoms with Crippen molar-refractivity contribution in [1.29, 1.82) is 0 Å². The van der Waals surface area contributed by atoms with Gasteiger partial charge in [-0.3, -0.25) is 4.79 Å². The number of nitrogens with one attached hydrogen (secondary N) is 1. The molecule has 0 bridgehead atoms. The summed E-state index contributed by atoms with van der Waals surface area (Å²) >= 11 is 1.78.